The quantitative estimate of drug-likeness (QED) is 0.285. The number of halogens is 3. The van der Waals surface area contributed by atoms with Crippen LogP contribution in [0.5, 0.6) is 5.75 Å². The summed E-state index contributed by atoms with van der Waals surface area (Å²) in [5.41, 5.74) is 6.25. The van der Waals surface area contributed by atoms with E-state index in [2.05, 4.69) is 10.1 Å². The molecule has 0 unspecified atom stereocenters. The number of hydrogen-bond acceptors (Lipinski definition) is 6. The summed E-state index contributed by atoms with van der Waals surface area (Å²) in [6.07, 6.45) is 1.40. The van der Waals surface area contributed by atoms with Gasteiger partial charge in [0.25, 0.3) is 11.5 Å². The van der Waals surface area contributed by atoms with Crippen LogP contribution in [0.1, 0.15) is 5.56 Å². The van der Waals surface area contributed by atoms with E-state index < -0.39 is 11.5 Å². The van der Waals surface area contributed by atoms with E-state index in [1.807, 2.05) is 0 Å². The van der Waals surface area contributed by atoms with Crippen LogP contribution in [0.25, 0.3) is 33.5 Å². The molecule has 0 saturated carbocycles. The number of para-hydroxylation sites is 1. The van der Waals surface area contributed by atoms with Gasteiger partial charge in [0, 0.05) is 10.4 Å². The van der Waals surface area contributed by atoms with Crippen molar-refractivity contribution in [3.05, 3.63) is 91.6 Å². The van der Waals surface area contributed by atoms with E-state index in [4.69, 9.17) is 49.7 Å². The Morgan fingerprint density at radius 3 is 2.58 bits per heavy atom. The summed E-state index contributed by atoms with van der Waals surface area (Å²) in [6.45, 7) is -0.378. The fraction of sp³-hybridized carbons (Fsp3) is 0.0400. The fourth-order valence-electron chi connectivity index (χ4n) is 3.57. The number of benzene rings is 3. The van der Waals surface area contributed by atoms with Gasteiger partial charge < -0.3 is 14.9 Å². The molecule has 36 heavy (non-hydrogen) atoms. The summed E-state index contributed by atoms with van der Waals surface area (Å²) in [5, 5.41) is 6.34. The maximum absolute atomic E-state index is 13.4. The first kappa shape index (κ1) is 23.9. The molecule has 0 aliphatic carbocycles. The second-order valence-corrected chi connectivity index (χ2v) is 8.93. The largest absolute Gasteiger partial charge is 0.481 e. The fourth-order valence-corrected chi connectivity index (χ4v) is 4.37. The van der Waals surface area contributed by atoms with E-state index in [-0.39, 0.29) is 28.2 Å². The minimum atomic E-state index is -0.670. The Morgan fingerprint density at radius 1 is 1.08 bits per heavy atom. The molecule has 2 aromatic heterocycles. The average molecular weight is 542 g/mol. The normalized spacial score (nSPS) is 11.5. The van der Waals surface area contributed by atoms with E-state index in [9.17, 15) is 9.59 Å². The molecule has 0 saturated heterocycles. The zero-order chi connectivity index (χ0) is 25.4. The number of nitrogens with two attached hydrogens (primary N) is 1. The molecule has 2 N–H and O–H groups in total. The van der Waals surface area contributed by atoms with Crippen LogP contribution in [0.15, 0.2) is 75.0 Å². The highest BCUT2D eigenvalue weighted by Gasteiger charge is 2.17. The van der Waals surface area contributed by atoms with Crippen molar-refractivity contribution >= 4 is 68.8 Å². The van der Waals surface area contributed by atoms with Crippen molar-refractivity contribution in [3.63, 3.8) is 0 Å². The number of aromatic nitrogens is 2. The highest BCUT2D eigenvalue weighted by molar-refractivity contribution is 6.37. The molecule has 0 atom stereocenters. The number of fused-ring (bicyclic) bond motifs is 2. The molecular weight excluding hydrogens is 527 g/mol. The predicted octanol–water partition coefficient (Wildman–Crippen LogP) is 5.52. The number of ether oxygens (including phenoxy) is 1. The molecule has 0 bridgehead atoms. The lowest BCUT2D eigenvalue weighted by molar-refractivity contribution is -0.119. The highest BCUT2D eigenvalue weighted by Crippen LogP contribution is 2.34. The number of amides is 1. The Hall–Kier alpha value is -3.85. The predicted molar refractivity (Wildman–Crippen MR) is 140 cm³/mol. The summed E-state index contributed by atoms with van der Waals surface area (Å²) in [6, 6.07) is 16.9. The van der Waals surface area contributed by atoms with Crippen molar-refractivity contribution in [2.45, 2.75) is 0 Å². The van der Waals surface area contributed by atoms with Gasteiger partial charge in [0.1, 0.15) is 5.58 Å². The maximum Gasteiger partial charge on any atom is 0.282 e. The molecule has 0 fully saturated rings. The van der Waals surface area contributed by atoms with Gasteiger partial charge in [0.15, 0.2) is 18.1 Å². The number of primary amides is 1. The molecule has 5 rings (SSSR count). The molecule has 5 aromatic rings. The topological polar surface area (TPSA) is 113 Å². The van der Waals surface area contributed by atoms with Gasteiger partial charge in [-0.1, -0.05) is 46.9 Å². The number of rotatable bonds is 6. The lowest BCUT2D eigenvalue weighted by Crippen LogP contribution is -2.20. The van der Waals surface area contributed by atoms with Gasteiger partial charge in [0.2, 0.25) is 5.82 Å². The molecule has 8 nitrogen and oxygen atoms in total. The van der Waals surface area contributed by atoms with Crippen molar-refractivity contribution < 1.29 is 13.9 Å². The molecule has 180 valence electrons. The van der Waals surface area contributed by atoms with Crippen LogP contribution in [0.4, 0.5) is 0 Å². The third kappa shape index (κ3) is 4.66. The summed E-state index contributed by atoms with van der Waals surface area (Å²) in [7, 11) is 0. The Morgan fingerprint density at radius 2 is 1.83 bits per heavy atom. The van der Waals surface area contributed by atoms with Crippen LogP contribution in [0.3, 0.4) is 0 Å². The van der Waals surface area contributed by atoms with Crippen molar-refractivity contribution in [1.29, 1.82) is 0 Å². The first-order valence-corrected chi connectivity index (χ1v) is 11.6. The average Bonchev–Trinajstić information content (AvgIpc) is 3.25. The van der Waals surface area contributed by atoms with Crippen molar-refractivity contribution in [2.75, 3.05) is 6.61 Å². The molecule has 0 spiro atoms. The Kier molecular flexibility index (Phi) is 6.40. The Labute approximate surface area is 218 Å². The zero-order valence-corrected chi connectivity index (χ0v) is 20.5. The first-order valence-electron chi connectivity index (χ1n) is 10.5. The summed E-state index contributed by atoms with van der Waals surface area (Å²) in [4.78, 5) is 29.0. The van der Waals surface area contributed by atoms with E-state index in [1.165, 1.54) is 18.3 Å². The maximum atomic E-state index is 13.4. The number of hydrogen-bond donors (Lipinski definition) is 1. The number of carbonyl (C=O) groups is 1. The molecule has 1 amide bonds. The van der Waals surface area contributed by atoms with Crippen LogP contribution < -0.4 is 16.0 Å². The van der Waals surface area contributed by atoms with Crippen molar-refractivity contribution in [3.8, 4) is 17.3 Å². The van der Waals surface area contributed by atoms with Crippen LogP contribution in [0, 0.1) is 0 Å². The summed E-state index contributed by atoms with van der Waals surface area (Å²) in [5.74, 6) is -0.0313. The minimum Gasteiger partial charge on any atom is -0.481 e. The van der Waals surface area contributed by atoms with E-state index >= 15 is 0 Å². The van der Waals surface area contributed by atoms with Gasteiger partial charge in [-0.15, -0.1) is 0 Å². The van der Waals surface area contributed by atoms with Gasteiger partial charge in [0.05, 0.1) is 27.2 Å². The van der Waals surface area contributed by atoms with Crippen molar-refractivity contribution in [1.82, 2.24) is 9.66 Å². The van der Waals surface area contributed by atoms with Crippen LogP contribution in [-0.4, -0.2) is 28.4 Å². The molecule has 3 aromatic carbocycles. The van der Waals surface area contributed by atoms with Gasteiger partial charge in [-0.2, -0.15) is 9.78 Å². The van der Waals surface area contributed by atoms with E-state index in [0.29, 0.717) is 32.8 Å². The van der Waals surface area contributed by atoms with E-state index in [0.717, 1.165) is 10.1 Å². The summed E-state index contributed by atoms with van der Waals surface area (Å²) < 4.78 is 12.4. The monoisotopic (exact) mass is 540 g/mol. The Bertz CT molecular complexity index is 1720. The highest BCUT2D eigenvalue weighted by atomic mass is 35.5. The number of furan rings is 1. The number of nitrogens with zero attached hydrogens (tertiary/aromatic N) is 3. The van der Waals surface area contributed by atoms with Gasteiger partial charge in [-0.05, 0) is 54.1 Å². The standard InChI is InChI=1S/C25H15Cl3N4O4/c26-15-5-6-20-14(9-15)10-21(36-20)24-31-19-4-2-1-3-16(19)25(34)32(24)30-11-13-7-17(27)23(18(28)8-13)35-12-22(29)33/h1-11H,12H2,(H2,29,33). The molecule has 2 heterocycles. The van der Waals surface area contributed by atoms with Crippen molar-refractivity contribution in [2.24, 2.45) is 10.8 Å². The lowest BCUT2D eigenvalue weighted by Gasteiger charge is -2.10. The van der Waals surface area contributed by atoms with Crippen LogP contribution in [-0.2, 0) is 4.79 Å². The third-order valence-corrected chi connectivity index (χ3v) is 5.95. The van der Waals surface area contributed by atoms with Gasteiger partial charge >= 0.3 is 0 Å². The van der Waals surface area contributed by atoms with E-state index in [1.54, 1.807) is 48.5 Å². The van der Waals surface area contributed by atoms with Crippen LogP contribution >= 0.6 is 34.8 Å². The molecule has 11 heteroatoms. The second-order valence-electron chi connectivity index (χ2n) is 7.68. The lowest BCUT2D eigenvalue weighted by atomic mass is 10.2. The smallest absolute Gasteiger partial charge is 0.282 e. The van der Waals surface area contributed by atoms with Crippen LogP contribution in [0.2, 0.25) is 15.1 Å². The number of carbonyl (C=O) groups excluding carboxylic acids is 1. The molecule has 0 aliphatic heterocycles. The molecule has 0 radical (unpaired) electrons. The summed E-state index contributed by atoms with van der Waals surface area (Å²) >= 11 is 18.6. The third-order valence-electron chi connectivity index (χ3n) is 5.15. The molecular formula is C25H15Cl3N4O4. The Balaban J connectivity index is 1.62. The van der Waals surface area contributed by atoms with Gasteiger partial charge in [-0.3, -0.25) is 9.59 Å². The zero-order valence-electron chi connectivity index (χ0n) is 18.2. The first-order chi connectivity index (χ1) is 17.3. The molecule has 0 aliphatic rings. The SMILES string of the molecule is NC(=O)COc1c(Cl)cc(C=Nn2c(-c3cc4cc(Cl)ccc4o3)nc3ccccc3c2=O)cc1Cl. The minimum absolute atomic E-state index is 0.112. The second kappa shape index (κ2) is 9.66. The van der Waals surface area contributed by atoms with Gasteiger partial charge in [-0.25, -0.2) is 4.98 Å².